The molecule has 40 heavy (non-hydrogen) atoms. The van der Waals surface area contributed by atoms with Gasteiger partial charge in [-0.15, -0.1) is 0 Å². The number of hydrogen-bond acceptors (Lipinski definition) is 8. The summed E-state index contributed by atoms with van der Waals surface area (Å²) in [4.78, 5) is 20.0. The highest BCUT2D eigenvalue weighted by atomic mass is 35.5. The molecule has 2 saturated heterocycles. The minimum Gasteiger partial charge on any atom is -0.497 e. The van der Waals surface area contributed by atoms with Crippen LogP contribution in [0.3, 0.4) is 0 Å². The van der Waals surface area contributed by atoms with Crippen LogP contribution in [-0.4, -0.2) is 95.4 Å². The molecule has 3 N–H and O–H groups in total. The van der Waals surface area contributed by atoms with Crippen LogP contribution < -0.4 is 15.0 Å². The summed E-state index contributed by atoms with van der Waals surface area (Å²) >= 11 is 6.64. The Kier molecular flexibility index (Phi) is 8.06. The molecule has 210 valence electrons. The van der Waals surface area contributed by atoms with Crippen molar-refractivity contribution in [3.8, 4) is 17.1 Å². The molecular weight excluding hydrogens is 526 g/mol. The average molecular weight is 562 g/mol. The summed E-state index contributed by atoms with van der Waals surface area (Å²) in [5.74, 6) is 1.66. The molecule has 2 aliphatic rings. The lowest BCUT2D eigenvalue weighted by Gasteiger charge is -2.35. The topological polar surface area (TPSA) is 92.8 Å². The van der Waals surface area contributed by atoms with Crippen LogP contribution in [0.5, 0.6) is 5.75 Å². The van der Waals surface area contributed by atoms with E-state index in [4.69, 9.17) is 21.3 Å². The second kappa shape index (κ2) is 12.0. The maximum Gasteiger partial charge on any atom is 0.159 e. The summed E-state index contributed by atoms with van der Waals surface area (Å²) in [6.45, 7) is 7.67. The number of methoxy groups -OCH3 is 1. The van der Waals surface area contributed by atoms with Crippen LogP contribution in [0.2, 0.25) is 5.02 Å². The van der Waals surface area contributed by atoms with Crippen molar-refractivity contribution in [1.29, 1.82) is 0 Å². The van der Waals surface area contributed by atoms with E-state index in [9.17, 15) is 5.11 Å². The van der Waals surface area contributed by atoms with Gasteiger partial charge in [-0.1, -0.05) is 23.7 Å². The van der Waals surface area contributed by atoms with Crippen LogP contribution in [0, 0.1) is 0 Å². The number of hydrogen-bond donors (Lipinski definition) is 3. The lowest BCUT2D eigenvalue weighted by atomic mass is 10.1. The molecule has 2 aliphatic heterocycles. The van der Waals surface area contributed by atoms with Gasteiger partial charge in [0, 0.05) is 69.7 Å². The van der Waals surface area contributed by atoms with Crippen LogP contribution in [-0.2, 0) is 6.54 Å². The number of rotatable bonds is 9. The van der Waals surface area contributed by atoms with E-state index in [1.54, 1.807) is 13.3 Å². The van der Waals surface area contributed by atoms with Gasteiger partial charge in [-0.3, -0.25) is 9.80 Å². The van der Waals surface area contributed by atoms with Gasteiger partial charge in [0.15, 0.2) is 5.65 Å². The van der Waals surface area contributed by atoms with Crippen molar-refractivity contribution in [1.82, 2.24) is 24.8 Å². The third-order valence-corrected chi connectivity index (χ3v) is 8.23. The quantitative estimate of drug-likeness (QED) is 0.281. The lowest BCUT2D eigenvalue weighted by molar-refractivity contribution is 0.189. The number of imidazole rings is 1. The number of H-pyrrole nitrogens is 1. The Morgan fingerprint density at radius 2 is 1.80 bits per heavy atom. The van der Waals surface area contributed by atoms with Crippen LogP contribution >= 0.6 is 11.6 Å². The number of piperazine rings is 1. The lowest BCUT2D eigenvalue weighted by Crippen LogP contribution is -2.47. The highest BCUT2D eigenvalue weighted by Gasteiger charge is 2.25. The molecule has 2 aromatic carbocycles. The van der Waals surface area contributed by atoms with E-state index in [1.165, 1.54) is 11.3 Å². The largest absolute Gasteiger partial charge is 0.497 e. The minimum atomic E-state index is 0.215. The van der Waals surface area contributed by atoms with E-state index in [0.29, 0.717) is 5.02 Å². The van der Waals surface area contributed by atoms with E-state index >= 15 is 0 Å². The molecule has 4 heterocycles. The fraction of sp³-hybridized carbons (Fsp3) is 0.400. The Morgan fingerprint density at radius 1 is 1.02 bits per heavy atom. The standard InChI is InChI=1S/C30H36ClN7O2/c1-40-25-8-2-21(3-9-25)19-37-11-10-23(20-37)33-27-26(31)18-32-30-28(27)34-29(35-30)22-4-6-24(7-5-22)38-14-12-36(13-15-38)16-17-39/h2-9,18,23,39H,10-17,19-20H2,1H3,(H2,32,33,34,35)/t23-/m0/s1. The fourth-order valence-electron chi connectivity index (χ4n) is 5.69. The Hall–Kier alpha value is -3.37. The molecule has 2 aromatic heterocycles. The molecule has 10 heteroatoms. The number of halogens is 1. The van der Waals surface area contributed by atoms with Crippen molar-refractivity contribution >= 4 is 34.1 Å². The second-order valence-electron chi connectivity index (χ2n) is 10.6. The zero-order chi connectivity index (χ0) is 27.5. The van der Waals surface area contributed by atoms with E-state index < -0.39 is 0 Å². The first-order valence-corrected chi connectivity index (χ1v) is 14.3. The number of nitrogens with one attached hydrogen (secondary N) is 2. The van der Waals surface area contributed by atoms with Gasteiger partial charge in [-0.2, -0.15) is 0 Å². The number of anilines is 2. The molecule has 0 bridgehead atoms. The number of pyridine rings is 1. The first-order chi connectivity index (χ1) is 19.6. The van der Waals surface area contributed by atoms with E-state index in [1.807, 2.05) is 12.1 Å². The van der Waals surface area contributed by atoms with Crippen molar-refractivity contribution in [2.45, 2.75) is 19.0 Å². The highest BCUT2D eigenvalue weighted by molar-refractivity contribution is 6.34. The predicted octanol–water partition coefficient (Wildman–Crippen LogP) is 4.09. The summed E-state index contributed by atoms with van der Waals surface area (Å²) in [7, 11) is 1.69. The smallest absolute Gasteiger partial charge is 0.159 e. The van der Waals surface area contributed by atoms with Crippen LogP contribution in [0.25, 0.3) is 22.6 Å². The third-order valence-electron chi connectivity index (χ3n) is 7.95. The molecule has 0 spiro atoms. The summed E-state index contributed by atoms with van der Waals surface area (Å²) in [6, 6.07) is 17.1. The molecule has 6 rings (SSSR count). The monoisotopic (exact) mass is 561 g/mol. The van der Waals surface area contributed by atoms with Gasteiger partial charge in [-0.05, 0) is 48.4 Å². The number of fused-ring (bicyclic) bond motifs is 1. The van der Waals surface area contributed by atoms with E-state index in [2.05, 4.69) is 66.4 Å². The zero-order valence-corrected chi connectivity index (χ0v) is 23.6. The minimum absolute atomic E-state index is 0.215. The maximum atomic E-state index is 9.18. The molecule has 2 fully saturated rings. The normalized spacial score (nSPS) is 18.5. The van der Waals surface area contributed by atoms with Gasteiger partial charge >= 0.3 is 0 Å². The second-order valence-corrected chi connectivity index (χ2v) is 11.0. The maximum absolute atomic E-state index is 9.18. The summed E-state index contributed by atoms with van der Waals surface area (Å²) < 4.78 is 5.28. The number of aromatic amines is 1. The van der Waals surface area contributed by atoms with Crippen LogP contribution in [0.4, 0.5) is 11.4 Å². The van der Waals surface area contributed by atoms with Crippen molar-refractivity contribution in [2.75, 3.05) is 69.7 Å². The van der Waals surface area contributed by atoms with Gasteiger partial charge in [0.25, 0.3) is 0 Å². The summed E-state index contributed by atoms with van der Waals surface area (Å²) in [5, 5.41) is 13.4. The Labute approximate surface area is 239 Å². The molecule has 0 saturated carbocycles. The van der Waals surface area contributed by atoms with Crippen molar-refractivity contribution in [3.05, 3.63) is 65.3 Å². The zero-order valence-electron chi connectivity index (χ0n) is 22.8. The fourth-order valence-corrected chi connectivity index (χ4v) is 5.89. The highest BCUT2D eigenvalue weighted by Crippen LogP contribution is 2.33. The number of aliphatic hydroxyl groups excluding tert-OH is 1. The van der Waals surface area contributed by atoms with Crippen molar-refractivity contribution < 1.29 is 9.84 Å². The Balaban J connectivity index is 1.13. The van der Waals surface area contributed by atoms with Gasteiger partial charge in [0.05, 0.1) is 30.6 Å². The first-order valence-electron chi connectivity index (χ1n) is 13.9. The Morgan fingerprint density at radius 3 is 2.52 bits per heavy atom. The van der Waals surface area contributed by atoms with E-state index in [-0.39, 0.29) is 12.6 Å². The number of β-amino-alcohol motifs (C(OH)–C–C–N with tert-alkyl or cyclic N) is 1. The van der Waals surface area contributed by atoms with Crippen molar-refractivity contribution in [2.24, 2.45) is 0 Å². The number of likely N-dealkylation sites (tertiary alicyclic amines) is 1. The summed E-state index contributed by atoms with van der Waals surface area (Å²) in [5.41, 5.74) is 5.81. The van der Waals surface area contributed by atoms with Gasteiger partial charge in [0.1, 0.15) is 17.1 Å². The molecule has 0 aliphatic carbocycles. The number of nitrogens with zero attached hydrogens (tertiary/aromatic N) is 5. The molecule has 1 atom stereocenters. The van der Waals surface area contributed by atoms with Gasteiger partial charge in [0.2, 0.25) is 0 Å². The van der Waals surface area contributed by atoms with E-state index in [0.717, 1.165) is 92.8 Å². The van der Waals surface area contributed by atoms with Gasteiger partial charge < -0.3 is 25.0 Å². The van der Waals surface area contributed by atoms with Crippen molar-refractivity contribution in [3.63, 3.8) is 0 Å². The molecular formula is C30H36ClN7O2. The molecule has 0 radical (unpaired) electrons. The van der Waals surface area contributed by atoms with Crippen LogP contribution in [0.1, 0.15) is 12.0 Å². The number of aliphatic hydroxyl groups is 1. The molecule has 0 unspecified atom stereocenters. The third kappa shape index (κ3) is 5.88. The molecule has 0 amide bonds. The first kappa shape index (κ1) is 26.8. The predicted molar refractivity (Wildman–Crippen MR) is 160 cm³/mol. The SMILES string of the molecule is COc1ccc(CN2CC[C@H](Nc3c(Cl)cnc4[nH]c(-c5ccc(N6CCN(CCO)CC6)cc5)nc34)C2)cc1. The average Bonchev–Trinajstić information content (AvgIpc) is 3.63. The number of ether oxygens (including phenoxy) is 1. The molecule has 4 aromatic rings. The van der Waals surface area contributed by atoms with Crippen LogP contribution in [0.15, 0.2) is 54.7 Å². The molecule has 9 nitrogen and oxygen atoms in total. The number of benzene rings is 2. The summed E-state index contributed by atoms with van der Waals surface area (Å²) in [6.07, 6.45) is 2.72. The number of aromatic nitrogens is 3. The Bertz CT molecular complexity index is 1420. The van der Waals surface area contributed by atoms with Gasteiger partial charge in [-0.25, -0.2) is 9.97 Å².